The average molecular weight is 329 g/mol. The topological polar surface area (TPSA) is 68.8 Å². The van der Waals surface area contributed by atoms with E-state index in [1.807, 2.05) is 41.3 Å². The molecule has 0 atom stereocenters. The van der Waals surface area contributed by atoms with Gasteiger partial charge in [0.2, 0.25) is 4.80 Å². The van der Waals surface area contributed by atoms with Crippen LogP contribution in [-0.4, -0.2) is 17.6 Å². The quantitative estimate of drug-likeness (QED) is 0.748. The lowest BCUT2D eigenvalue weighted by Gasteiger charge is -2.04. The minimum Gasteiger partial charge on any atom is -0.497 e. The molecule has 23 heavy (non-hydrogen) atoms. The number of hydrogen-bond donors (Lipinski definition) is 1. The van der Waals surface area contributed by atoms with E-state index in [1.165, 1.54) is 17.6 Å². The Bertz CT molecular complexity index is 861. The number of carbonyl (C=O) groups excluding carboxylic acids is 1. The van der Waals surface area contributed by atoms with E-state index in [2.05, 4.69) is 10.5 Å². The minimum atomic E-state index is -0.380. The van der Waals surface area contributed by atoms with E-state index in [0.717, 1.165) is 17.0 Å². The van der Waals surface area contributed by atoms with E-state index in [4.69, 9.17) is 9.15 Å². The number of rotatable bonds is 4. The fourth-order valence-corrected chi connectivity index (χ4v) is 2.92. The summed E-state index contributed by atoms with van der Waals surface area (Å²) < 4.78 is 12.1. The Balaban J connectivity index is 1.83. The zero-order valence-electron chi connectivity index (χ0n) is 12.6. The van der Waals surface area contributed by atoms with Crippen molar-refractivity contribution in [2.45, 2.75) is 0 Å². The fourth-order valence-electron chi connectivity index (χ4n) is 2.06. The van der Waals surface area contributed by atoms with E-state index in [9.17, 15) is 4.79 Å². The fraction of sp³-hybridized carbons (Fsp3) is 0.125. The molecule has 0 saturated carbocycles. The predicted octanol–water partition coefficient (Wildman–Crippen LogP) is 2.60. The Morgan fingerprint density at radius 2 is 2.09 bits per heavy atom. The van der Waals surface area contributed by atoms with Crippen LogP contribution in [0.15, 0.2) is 57.6 Å². The number of furan rings is 1. The Hall–Kier alpha value is -2.80. The second kappa shape index (κ2) is 6.53. The number of amides is 1. The largest absolute Gasteiger partial charge is 0.497 e. The standard InChI is InChI=1S/C16H15N3O3S/c1-19-13(11-5-7-12(21-2)8-6-11)10-23-16(19)18-17-15(20)14-4-3-9-22-14/h3-10H,1-2H3,(H,17,20)/b18-16+. The lowest BCUT2D eigenvalue weighted by Crippen LogP contribution is -2.23. The average Bonchev–Trinajstić information content (AvgIpc) is 3.23. The molecular formula is C16H15N3O3S. The van der Waals surface area contributed by atoms with Gasteiger partial charge in [-0.3, -0.25) is 4.79 Å². The van der Waals surface area contributed by atoms with Gasteiger partial charge in [-0.25, -0.2) is 5.43 Å². The van der Waals surface area contributed by atoms with Crippen molar-refractivity contribution in [1.29, 1.82) is 0 Å². The van der Waals surface area contributed by atoms with Crippen LogP contribution in [-0.2, 0) is 7.05 Å². The molecule has 1 aromatic carbocycles. The molecule has 6 nitrogen and oxygen atoms in total. The van der Waals surface area contributed by atoms with Crippen LogP contribution in [0.4, 0.5) is 0 Å². The highest BCUT2D eigenvalue weighted by atomic mass is 32.1. The summed E-state index contributed by atoms with van der Waals surface area (Å²) in [6, 6.07) is 11.0. The summed E-state index contributed by atoms with van der Waals surface area (Å²) in [5, 5.41) is 6.12. The van der Waals surface area contributed by atoms with Gasteiger partial charge in [0.25, 0.3) is 0 Å². The van der Waals surface area contributed by atoms with Crippen LogP contribution in [0.1, 0.15) is 10.6 Å². The van der Waals surface area contributed by atoms with E-state index in [-0.39, 0.29) is 11.7 Å². The molecule has 0 aliphatic carbocycles. The Kier molecular flexibility index (Phi) is 4.29. The Labute approximate surface area is 136 Å². The van der Waals surface area contributed by atoms with E-state index in [0.29, 0.717) is 4.80 Å². The zero-order valence-corrected chi connectivity index (χ0v) is 13.5. The van der Waals surface area contributed by atoms with Crippen LogP contribution >= 0.6 is 11.3 Å². The molecule has 0 radical (unpaired) electrons. The number of thiazole rings is 1. The van der Waals surface area contributed by atoms with Crippen LogP contribution in [0.25, 0.3) is 11.3 Å². The maximum Gasteiger partial charge on any atom is 0.307 e. The van der Waals surface area contributed by atoms with Gasteiger partial charge in [-0.05, 0) is 42.0 Å². The van der Waals surface area contributed by atoms with Crippen LogP contribution in [0, 0.1) is 0 Å². The summed E-state index contributed by atoms with van der Waals surface area (Å²) in [4.78, 5) is 12.5. The third-order valence-corrected chi connectivity index (χ3v) is 4.23. The number of nitrogens with one attached hydrogen (secondary N) is 1. The molecule has 2 aromatic heterocycles. The molecule has 0 aliphatic rings. The van der Waals surface area contributed by atoms with Gasteiger partial charge < -0.3 is 13.7 Å². The highest BCUT2D eigenvalue weighted by molar-refractivity contribution is 7.07. The molecule has 3 rings (SSSR count). The molecular weight excluding hydrogens is 314 g/mol. The first kappa shape index (κ1) is 15.1. The molecule has 0 unspecified atom stereocenters. The molecule has 1 amide bonds. The van der Waals surface area contributed by atoms with Gasteiger partial charge >= 0.3 is 5.91 Å². The number of benzene rings is 1. The smallest absolute Gasteiger partial charge is 0.307 e. The Morgan fingerprint density at radius 1 is 1.30 bits per heavy atom. The van der Waals surface area contributed by atoms with Gasteiger partial charge in [-0.2, -0.15) is 0 Å². The minimum absolute atomic E-state index is 0.225. The molecule has 0 aliphatic heterocycles. The van der Waals surface area contributed by atoms with Crippen LogP contribution in [0.2, 0.25) is 0 Å². The van der Waals surface area contributed by atoms with Crippen molar-refractivity contribution in [3.05, 3.63) is 58.6 Å². The Morgan fingerprint density at radius 3 is 2.74 bits per heavy atom. The van der Waals surface area contributed by atoms with Gasteiger partial charge in [0, 0.05) is 12.4 Å². The second-order valence-electron chi connectivity index (χ2n) is 4.72. The summed E-state index contributed by atoms with van der Waals surface area (Å²) in [7, 11) is 3.53. The van der Waals surface area contributed by atoms with Gasteiger partial charge in [0.15, 0.2) is 5.76 Å². The first-order valence-corrected chi connectivity index (χ1v) is 7.73. The highest BCUT2D eigenvalue weighted by Crippen LogP contribution is 2.22. The molecule has 1 N–H and O–H groups in total. The monoisotopic (exact) mass is 329 g/mol. The highest BCUT2D eigenvalue weighted by Gasteiger charge is 2.08. The normalized spacial score (nSPS) is 11.5. The van der Waals surface area contributed by atoms with Crippen LogP contribution in [0.3, 0.4) is 0 Å². The number of carbonyl (C=O) groups is 1. The van der Waals surface area contributed by atoms with Crippen LogP contribution in [0.5, 0.6) is 5.75 Å². The number of hydrogen-bond acceptors (Lipinski definition) is 5. The molecule has 3 aromatic rings. The van der Waals surface area contributed by atoms with Gasteiger partial charge in [-0.15, -0.1) is 16.4 Å². The maximum absolute atomic E-state index is 11.8. The lowest BCUT2D eigenvalue weighted by molar-refractivity contribution is 0.0925. The number of nitrogens with zero attached hydrogens (tertiary/aromatic N) is 2. The molecule has 118 valence electrons. The van der Waals surface area contributed by atoms with Gasteiger partial charge in [0.05, 0.1) is 19.1 Å². The summed E-state index contributed by atoms with van der Waals surface area (Å²) in [6.45, 7) is 0. The summed E-state index contributed by atoms with van der Waals surface area (Å²) in [5.74, 6) is 0.653. The van der Waals surface area contributed by atoms with Crippen molar-refractivity contribution in [1.82, 2.24) is 9.99 Å². The van der Waals surface area contributed by atoms with Crippen molar-refractivity contribution >= 4 is 17.2 Å². The molecule has 0 spiro atoms. The molecule has 0 fully saturated rings. The summed E-state index contributed by atoms with van der Waals surface area (Å²) in [6.07, 6.45) is 1.45. The van der Waals surface area contributed by atoms with Crippen molar-refractivity contribution in [2.75, 3.05) is 7.11 Å². The number of ether oxygens (including phenoxy) is 1. The van der Waals surface area contributed by atoms with E-state index < -0.39 is 0 Å². The predicted molar refractivity (Wildman–Crippen MR) is 87.0 cm³/mol. The molecule has 0 bridgehead atoms. The molecule has 7 heteroatoms. The SMILES string of the molecule is COc1ccc(-c2cs/c(=N/NC(=O)c3ccco3)n2C)cc1. The number of methoxy groups -OCH3 is 1. The van der Waals surface area contributed by atoms with Crippen molar-refractivity contribution < 1.29 is 13.9 Å². The second-order valence-corrected chi connectivity index (χ2v) is 5.56. The third kappa shape index (κ3) is 3.19. The first-order valence-electron chi connectivity index (χ1n) is 6.85. The van der Waals surface area contributed by atoms with Gasteiger partial charge in [0.1, 0.15) is 5.75 Å². The lowest BCUT2D eigenvalue weighted by atomic mass is 10.1. The first-order chi connectivity index (χ1) is 11.2. The van der Waals surface area contributed by atoms with Crippen molar-refractivity contribution in [3.63, 3.8) is 0 Å². The van der Waals surface area contributed by atoms with E-state index >= 15 is 0 Å². The molecule has 0 saturated heterocycles. The number of aromatic nitrogens is 1. The zero-order chi connectivity index (χ0) is 16.2. The van der Waals surface area contributed by atoms with Gasteiger partial charge in [-0.1, -0.05) is 0 Å². The van der Waals surface area contributed by atoms with E-state index in [1.54, 1.807) is 19.2 Å². The summed E-state index contributed by atoms with van der Waals surface area (Å²) in [5.41, 5.74) is 4.54. The summed E-state index contributed by atoms with van der Waals surface area (Å²) >= 11 is 1.44. The van der Waals surface area contributed by atoms with Crippen molar-refractivity contribution in [2.24, 2.45) is 12.1 Å². The van der Waals surface area contributed by atoms with Crippen LogP contribution < -0.4 is 15.0 Å². The molecule has 2 heterocycles. The van der Waals surface area contributed by atoms with Crippen molar-refractivity contribution in [3.8, 4) is 17.0 Å². The maximum atomic E-state index is 11.8. The third-order valence-electron chi connectivity index (χ3n) is 3.31.